The molecule has 8 heteroatoms. The van der Waals surface area contributed by atoms with Gasteiger partial charge in [0.1, 0.15) is 30.1 Å². The third kappa shape index (κ3) is 3.02. The lowest BCUT2D eigenvalue weighted by molar-refractivity contribution is -0.152. The third-order valence-corrected chi connectivity index (χ3v) is 3.10. The molecule has 0 bridgehead atoms. The summed E-state index contributed by atoms with van der Waals surface area (Å²) in [6.45, 7) is 1.44. The first-order valence-corrected chi connectivity index (χ1v) is 6.16. The topological polar surface area (TPSA) is 132 Å². The highest BCUT2D eigenvalue weighted by Crippen LogP contribution is 2.18. The van der Waals surface area contributed by atoms with Crippen LogP contribution >= 0.6 is 0 Å². The standard InChI is InChI=1S/C12H16N4O4/c1-6-2-7(3-13)15-12(14-6)16-8-5-20-9(4-17)11(19)10(8)18/h2,8-11,17-19H,4-5H2,1H3,(H,14,15,16)/t8-,9+,10+,11-/m0/s1. The molecular formula is C12H16N4O4. The van der Waals surface area contributed by atoms with Crippen molar-refractivity contribution < 1.29 is 20.1 Å². The highest BCUT2D eigenvalue weighted by Gasteiger charge is 2.38. The number of aliphatic hydroxyl groups is 3. The second-order valence-electron chi connectivity index (χ2n) is 4.62. The SMILES string of the molecule is Cc1cc(C#N)nc(N[C@H]2CO[C@H](CO)[C@H](O)[C@@H]2O)n1. The highest BCUT2D eigenvalue weighted by atomic mass is 16.5. The molecule has 0 radical (unpaired) electrons. The Kier molecular flexibility index (Phi) is 4.46. The van der Waals surface area contributed by atoms with E-state index in [0.29, 0.717) is 5.69 Å². The monoisotopic (exact) mass is 280 g/mol. The summed E-state index contributed by atoms with van der Waals surface area (Å²) in [5, 5.41) is 40.4. The molecule has 1 aliphatic rings. The van der Waals surface area contributed by atoms with Crippen LogP contribution in [0.5, 0.6) is 0 Å². The van der Waals surface area contributed by atoms with E-state index < -0.39 is 24.4 Å². The summed E-state index contributed by atoms with van der Waals surface area (Å²) in [7, 11) is 0. The maximum absolute atomic E-state index is 9.97. The number of anilines is 1. The van der Waals surface area contributed by atoms with E-state index in [1.807, 2.05) is 6.07 Å². The van der Waals surface area contributed by atoms with Crippen LogP contribution in [0.25, 0.3) is 0 Å². The molecule has 108 valence electrons. The van der Waals surface area contributed by atoms with Crippen molar-refractivity contribution in [2.75, 3.05) is 18.5 Å². The van der Waals surface area contributed by atoms with Gasteiger partial charge in [0.25, 0.3) is 0 Å². The first-order chi connectivity index (χ1) is 9.55. The lowest BCUT2D eigenvalue weighted by Gasteiger charge is -2.37. The smallest absolute Gasteiger partial charge is 0.224 e. The lowest BCUT2D eigenvalue weighted by Crippen LogP contribution is -2.56. The van der Waals surface area contributed by atoms with Crippen LogP contribution in [0.1, 0.15) is 11.4 Å². The van der Waals surface area contributed by atoms with E-state index in [-0.39, 0.29) is 24.9 Å². The summed E-state index contributed by atoms with van der Waals surface area (Å²) in [6.07, 6.45) is -3.14. The minimum absolute atomic E-state index is 0.0860. The lowest BCUT2D eigenvalue weighted by atomic mass is 9.98. The summed E-state index contributed by atoms with van der Waals surface area (Å²) < 4.78 is 5.24. The molecule has 0 saturated carbocycles. The quantitative estimate of drug-likeness (QED) is 0.529. The first kappa shape index (κ1) is 14.6. The van der Waals surface area contributed by atoms with Gasteiger partial charge in [0.15, 0.2) is 0 Å². The third-order valence-electron chi connectivity index (χ3n) is 3.10. The molecule has 2 heterocycles. The number of nitrogens with one attached hydrogen (secondary N) is 1. The predicted octanol–water partition coefficient (Wildman–Crippen LogP) is -1.45. The first-order valence-electron chi connectivity index (χ1n) is 6.16. The van der Waals surface area contributed by atoms with Crippen LogP contribution < -0.4 is 5.32 Å². The van der Waals surface area contributed by atoms with Gasteiger partial charge in [-0.3, -0.25) is 0 Å². The Hall–Kier alpha value is -1.79. The number of rotatable bonds is 3. The van der Waals surface area contributed by atoms with E-state index >= 15 is 0 Å². The molecule has 0 spiro atoms. The summed E-state index contributed by atoms with van der Waals surface area (Å²) >= 11 is 0. The molecule has 2 rings (SSSR count). The van der Waals surface area contributed by atoms with E-state index in [1.165, 1.54) is 6.07 Å². The molecule has 0 unspecified atom stereocenters. The van der Waals surface area contributed by atoms with Gasteiger partial charge in [-0.15, -0.1) is 0 Å². The minimum atomic E-state index is -1.20. The largest absolute Gasteiger partial charge is 0.394 e. The molecule has 8 nitrogen and oxygen atoms in total. The second kappa shape index (κ2) is 6.11. The molecular weight excluding hydrogens is 264 g/mol. The number of ether oxygens (including phenoxy) is 1. The van der Waals surface area contributed by atoms with E-state index in [9.17, 15) is 10.2 Å². The molecule has 20 heavy (non-hydrogen) atoms. The van der Waals surface area contributed by atoms with Crippen LogP contribution in [0.4, 0.5) is 5.95 Å². The Bertz CT molecular complexity index is 519. The van der Waals surface area contributed by atoms with Gasteiger partial charge in [-0.2, -0.15) is 5.26 Å². The molecule has 0 aromatic carbocycles. The van der Waals surface area contributed by atoms with Gasteiger partial charge >= 0.3 is 0 Å². The van der Waals surface area contributed by atoms with Crippen molar-refractivity contribution in [1.29, 1.82) is 5.26 Å². The van der Waals surface area contributed by atoms with Gasteiger partial charge in [-0.05, 0) is 13.0 Å². The number of aliphatic hydroxyl groups excluding tert-OH is 3. The van der Waals surface area contributed by atoms with Crippen molar-refractivity contribution in [2.24, 2.45) is 0 Å². The van der Waals surface area contributed by atoms with Gasteiger partial charge in [0.2, 0.25) is 5.95 Å². The van der Waals surface area contributed by atoms with Gasteiger partial charge in [0.05, 0.1) is 19.3 Å². The zero-order valence-electron chi connectivity index (χ0n) is 10.9. The average Bonchev–Trinajstić information content (AvgIpc) is 2.43. The van der Waals surface area contributed by atoms with Crippen molar-refractivity contribution in [2.45, 2.75) is 31.3 Å². The second-order valence-corrected chi connectivity index (χ2v) is 4.62. The van der Waals surface area contributed by atoms with Gasteiger partial charge < -0.3 is 25.4 Å². The minimum Gasteiger partial charge on any atom is -0.394 e. The predicted molar refractivity (Wildman–Crippen MR) is 67.7 cm³/mol. The molecule has 1 saturated heterocycles. The Morgan fingerprint density at radius 2 is 2.20 bits per heavy atom. The summed E-state index contributed by atoms with van der Waals surface area (Å²) in [5.41, 5.74) is 0.819. The van der Waals surface area contributed by atoms with Gasteiger partial charge in [-0.1, -0.05) is 0 Å². The van der Waals surface area contributed by atoms with E-state index in [2.05, 4.69) is 15.3 Å². The van der Waals surface area contributed by atoms with E-state index in [1.54, 1.807) is 6.92 Å². The van der Waals surface area contributed by atoms with Crippen LogP contribution in [0, 0.1) is 18.3 Å². The fourth-order valence-corrected chi connectivity index (χ4v) is 2.03. The Morgan fingerprint density at radius 1 is 1.45 bits per heavy atom. The molecule has 0 aliphatic carbocycles. The number of nitriles is 1. The normalized spacial score (nSPS) is 29.8. The molecule has 0 amide bonds. The van der Waals surface area contributed by atoms with Crippen molar-refractivity contribution in [3.63, 3.8) is 0 Å². The number of hydrogen-bond acceptors (Lipinski definition) is 8. The van der Waals surface area contributed by atoms with Crippen LogP contribution in [0.15, 0.2) is 6.07 Å². The number of hydrogen-bond donors (Lipinski definition) is 4. The summed E-state index contributed by atoms with van der Waals surface area (Å²) in [5.74, 6) is 0.184. The van der Waals surface area contributed by atoms with Gasteiger partial charge in [0, 0.05) is 5.69 Å². The van der Waals surface area contributed by atoms with Crippen molar-refractivity contribution in [3.8, 4) is 6.07 Å². The number of aryl methyl sites for hydroxylation is 1. The Labute approximate surface area is 115 Å². The van der Waals surface area contributed by atoms with Crippen molar-refractivity contribution >= 4 is 5.95 Å². The fraction of sp³-hybridized carbons (Fsp3) is 0.583. The van der Waals surface area contributed by atoms with Crippen molar-refractivity contribution in [1.82, 2.24) is 9.97 Å². The number of nitrogens with zero attached hydrogens (tertiary/aromatic N) is 3. The average molecular weight is 280 g/mol. The van der Waals surface area contributed by atoms with Crippen molar-refractivity contribution in [3.05, 3.63) is 17.5 Å². The van der Waals surface area contributed by atoms with Gasteiger partial charge in [-0.25, -0.2) is 9.97 Å². The maximum atomic E-state index is 9.97. The van der Waals surface area contributed by atoms with Crippen LogP contribution in [-0.4, -0.2) is 62.9 Å². The Balaban J connectivity index is 2.11. The summed E-state index contributed by atoms with van der Waals surface area (Å²) in [6, 6.07) is 2.83. The molecule has 1 fully saturated rings. The van der Waals surface area contributed by atoms with E-state index in [4.69, 9.17) is 15.1 Å². The van der Waals surface area contributed by atoms with Crippen LogP contribution in [0.2, 0.25) is 0 Å². The molecule has 1 aliphatic heterocycles. The van der Waals surface area contributed by atoms with Crippen LogP contribution in [-0.2, 0) is 4.74 Å². The molecule has 1 aromatic heterocycles. The zero-order valence-corrected chi connectivity index (χ0v) is 10.9. The van der Waals surface area contributed by atoms with Crippen LogP contribution in [0.3, 0.4) is 0 Å². The maximum Gasteiger partial charge on any atom is 0.224 e. The fourth-order valence-electron chi connectivity index (χ4n) is 2.03. The zero-order chi connectivity index (χ0) is 14.7. The van der Waals surface area contributed by atoms with E-state index in [0.717, 1.165) is 0 Å². The summed E-state index contributed by atoms with van der Waals surface area (Å²) in [4.78, 5) is 8.07. The molecule has 4 N–H and O–H groups in total. The highest BCUT2D eigenvalue weighted by molar-refractivity contribution is 5.34. The Morgan fingerprint density at radius 3 is 2.85 bits per heavy atom. The molecule has 1 aromatic rings. The molecule has 4 atom stereocenters. The number of aromatic nitrogens is 2.